The van der Waals surface area contributed by atoms with Crippen LogP contribution in [-0.4, -0.2) is 26.6 Å². The molecule has 0 saturated carbocycles. The van der Waals surface area contributed by atoms with Crippen LogP contribution in [0.15, 0.2) is 48.5 Å². The molecular formula is C19H23ClN2O3S. The summed E-state index contributed by atoms with van der Waals surface area (Å²) >= 11 is 5.90. The highest BCUT2D eigenvalue weighted by molar-refractivity contribution is 7.92. The Balaban J connectivity index is 2.38. The summed E-state index contributed by atoms with van der Waals surface area (Å²) in [5, 5.41) is 3.37. The van der Waals surface area contributed by atoms with Gasteiger partial charge in [-0.25, -0.2) is 8.42 Å². The molecule has 0 spiro atoms. The van der Waals surface area contributed by atoms with Crippen LogP contribution in [0.5, 0.6) is 0 Å². The number of hydrogen-bond donors (Lipinski definition) is 1. The fourth-order valence-electron chi connectivity index (χ4n) is 2.81. The van der Waals surface area contributed by atoms with E-state index in [9.17, 15) is 13.2 Å². The summed E-state index contributed by atoms with van der Waals surface area (Å²) in [6.07, 6.45) is 2.19. The molecule has 0 radical (unpaired) electrons. The zero-order chi connectivity index (χ0) is 19.3. The van der Waals surface area contributed by atoms with Crippen molar-refractivity contribution >= 4 is 38.9 Å². The van der Waals surface area contributed by atoms with Gasteiger partial charge in [-0.3, -0.25) is 9.10 Å². The molecule has 2 aromatic carbocycles. The first-order chi connectivity index (χ1) is 12.3. The van der Waals surface area contributed by atoms with Crippen molar-refractivity contribution in [1.29, 1.82) is 0 Å². The first-order valence-electron chi connectivity index (χ1n) is 8.41. The van der Waals surface area contributed by atoms with Gasteiger partial charge in [0, 0.05) is 10.7 Å². The molecule has 0 unspecified atom stereocenters. The molecule has 0 fully saturated rings. The largest absolute Gasteiger partial charge is 0.324 e. The van der Waals surface area contributed by atoms with Crippen LogP contribution in [0.1, 0.15) is 25.8 Å². The molecule has 26 heavy (non-hydrogen) atoms. The van der Waals surface area contributed by atoms with Crippen molar-refractivity contribution in [3.8, 4) is 0 Å². The molecule has 0 heterocycles. The first-order valence-corrected chi connectivity index (χ1v) is 10.6. The lowest BCUT2D eigenvalue weighted by Crippen LogP contribution is -2.47. The van der Waals surface area contributed by atoms with Crippen molar-refractivity contribution in [2.75, 3.05) is 15.9 Å². The number of anilines is 2. The van der Waals surface area contributed by atoms with E-state index in [0.29, 0.717) is 22.8 Å². The molecular weight excluding hydrogens is 372 g/mol. The van der Waals surface area contributed by atoms with Gasteiger partial charge < -0.3 is 5.32 Å². The minimum Gasteiger partial charge on any atom is -0.324 e. The minimum absolute atomic E-state index is 0.329. The summed E-state index contributed by atoms with van der Waals surface area (Å²) in [7, 11) is -3.67. The van der Waals surface area contributed by atoms with Crippen LogP contribution in [0, 0.1) is 0 Å². The van der Waals surface area contributed by atoms with Gasteiger partial charge in [0.1, 0.15) is 6.04 Å². The number of amides is 1. The Bertz CT molecular complexity index is 867. The van der Waals surface area contributed by atoms with Gasteiger partial charge in [0.25, 0.3) is 0 Å². The molecule has 0 bridgehead atoms. The van der Waals surface area contributed by atoms with Gasteiger partial charge in [-0.05, 0) is 48.7 Å². The molecule has 0 aliphatic rings. The zero-order valence-electron chi connectivity index (χ0n) is 15.1. The average molecular weight is 395 g/mol. The fraction of sp³-hybridized carbons (Fsp3) is 0.316. The van der Waals surface area contributed by atoms with E-state index in [4.69, 9.17) is 11.6 Å². The average Bonchev–Trinajstić information content (AvgIpc) is 2.60. The van der Waals surface area contributed by atoms with E-state index in [-0.39, 0.29) is 5.91 Å². The second-order valence-electron chi connectivity index (χ2n) is 5.96. The summed E-state index contributed by atoms with van der Waals surface area (Å²) in [4.78, 5) is 12.9. The maximum absolute atomic E-state index is 12.9. The highest BCUT2D eigenvalue weighted by atomic mass is 35.5. The number of hydrogen-bond acceptors (Lipinski definition) is 3. The molecule has 1 atom stereocenters. The molecule has 2 aromatic rings. The van der Waals surface area contributed by atoms with Crippen LogP contribution in [0.4, 0.5) is 11.4 Å². The van der Waals surface area contributed by atoms with Crippen LogP contribution in [0.2, 0.25) is 5.02 Å². The third kappa shape index (κ3) is 4.77. The Labute approximate surface area is 160 Å². The van der Waals surface area contributed by atoms with E-state index < -0.39 is 16.1 Å². The summed E-state index contributed by atoms with van der Waals surface area (Å²) in [5.41, 5.74) is 2.10. The summed E-state index contributed by atoms with van der Waals surface area (Å²) in [6.45, 7) is 3.78. The third-order valence-electron chi connectivity index (χ3n) is 4.07. The Kier molecular flexibility index (Phi) is 6.67. The molecule has 0 aliphatic heterocycles. The molecule has 0 aliphatic carbocycles. The third-order valence-corrected chi connectivity index (χ3v) is 5.50. The van der Waals surface area contributed by atoms with Crippen LogP contribution in [0.25, 0.3) is 0 Å². The lowest BCUT2D eigenvalue weighted by Gasteiger charge is -2.30. The van der Waals surface area contributed by atoms with E-state index in [1.807, 2.05) is 31.2 Å². The lowest BCUT2D eigenvalue weighted by atomic mass is 10.1. The standard InChI is InChI=1S/C19H23ClN2O3S/c1-4-14-8-6-7-9-17(14)21-19(23)18(5-2)22(26(3,24)25)16-12-10-15(20)11-13-16/h6-13,18H,4-5H2,1-3H3,(H,21,23)/t18-/m0/s1. The number of rotatable bonds is 7. The monoisotopic (exact) mass is 394 g/mol. The van der Waals surface area contributed by atoms with Crippen LogP contribution < -0.4 is 9.62 Å². The van der Waals surface area contributed by atoms with Crippen molar-refractivity contribution in [2.45, 2.75) is 32.7 Å². The molecule has 1 N–H and O–H groups in total. The number of nitrogens with one attached hydrogen (secondary N) is 1. The maximum atomic E-state index is 12.9. The highest BCUT2D eigenvalue weighted by Gasteiger charge is 2.31. The summed E-state index contributed by atoms with van der Waals surface area (Å²) in [5.74, 6) is -0.367. The highest BCUT2D eigenvalue weighted by Crippen LogP contribution is 2.25. The number of nitrogens with zero attached hydrogens (tertiary/aromatic N) is 1. The Morgan fingerprint density at radius 2 is 1.73 bits per heavy atom. The van der Waals surface area contributed by atoms with Crippen molar-refractivity contribution < 1.29 is 13.2 Å². The first kappa shape index (κ1) is 20.3. The molecule has 7 heteroatoms. The number of para-hydroxylation sites is 1. The van der Waals surface area contributed by atoms with E-state index in [1.165, 1.54) is 0 Å². The quantitative estimate of drug-likeness (QED) is 0.769. The summed E-state index contributed by atoms with van der Waals surface area (Å²) < 4.78 is 26.0. The van der Waals surface area contributed by atoms with Gasteiger partial charge in [-0.15, -0.1) is 0 Å². The van der Waals surface area contributed by atoms with Gasteiger partial charge in [0.15, 0.2) is 0 Å². The number of sulfonamides is 1. The smallest absolute Gasteiger partial charge is 0.248 e. The van der Waals surface area contributed by atoms with Crippen molar-refractivity contribution in [2.24, 2.45) is 0 Å². The molecule has 0 saturated heterocycles. The van der Waals surface area contributed by atoms with E-state index in [1.54, 1.807) is 31.2 Å². The van der Waals surface area contributed by atoms with E-state index in [2.05, 4.69) is 5.32 Å². The van der Waals surface area contributed by atoms with Gasteiger partial charge >= 0.3 is 0 Å². The van der Waals surface area contributed by atoms with Gasteiger partial charge in [0.05, 0.1) is 11.9 Å². The van der Waals surface area contributed by atoms with Crippen molar-refractivity contribution in [3.63, 3.8) is 0 Å². The number of carbonyl (C=O) groups excluding carboxylic acids is 1. The molecule has 2 rings (SSSR count). The van der Waals surface area contributed by atoms with Crippen LogP contribution >= 0.6 is 11.6 Å². The second kappa shape index (κ2) is 8.56. The van der Waals surface area contributed by atoms with Crippen molar-refractivity contribution in [3.05, 3.63) is 59.1 Å². The van der Waals surface area contributed by atoms with Crippen LogP contribution in [0.3, 0.4) is 0 Å². The SMILES string of the molecule is CCc1ccccc1NC(=O)[C@H](CC)N(c1ccc(Cl)cc1)S(C)(=O)=O. The lowest BCUT2D eigenvalue weighted by molar-refractivity contribution is -0.117. The number of aryl methyl sites for hydroxylation is 1. The fourth-order valence-corrected chi connectivity index (χ4v) is 4.15. The van der Waals surface area contributed by atoms with Crippen LogP contribution in [-0.2, 0) is 21.2 Å². The minimum atomic E-state index is -3.67. The number of carbonyl (C=O) groups is 1. The van der Waals surface area contributed by atoms with E-state index in [0.717, 1.165) is 22.5 Å². The normalized spacial score (nSPS) is 12.5. The van der Waals surface area contributed by atoms with E-state index >= 15 is 0 Å². The van der Waals surface area contributed by atoms with Gasteiger partial charge in [0.2, 0.25) is 15.9 Å². The Hall–Kier alpha value is -2.05. The molecule has 140 valence electrons. The van der Waals surface area contributed by atoms with Gasteiger partial charge in [-0.2, -0.15) is 0 Å². The Morgan fingerprint density at radius 3 is 2.27 bits per heavy atom. The number of halogens is 1. The molecule has 1 amide bonds. The van der Waals surface area contributed by atoms with Gasteiger partial charge in [-0.1, -0.05) is 43.6 Å². The Morgan fingerprint density at radius 1 is 1.12 bits per heavy atom. The topological polar surface area (TPSA) is 66.5 Å². The zero-order valence-corrected chi connectivity index (χ0v) is 16.6. The predicted molar refractivity (Wildman–Crippen MR) is 107 cm³/mol. The molecule has 5 nitrogen and oxygen atoms in total. The second-order valence-corrected chi connectivity index (χ2v) is 8.26. The number of benzene rings is 2. The molecule has 0 aromatic heterocycles. The van der Waals surface area contributed by atoms with Crippen molar-refractivity contribution in [1.82, 2.24) is 0 Å². The maximum Gasteiger partial charge on any atom is 0.248 e. The summed E-state index contributed by atoms with van der Waals surface area (Å²) in [6, 6.07) is 13.0. The predicted octanol–water partition coefficient (Wildman–Crippen LogP) is 4.09.